The number of methoxy groups -OCH3 is 1. The number of rotatable bonds is 8. The second kappa shape index (κ2) is 8.53. The molecule has 19 heavy (non-hydrogen) atoms. The first kappa shape index (κ1) is 15.5. The molecular weight excluding hydrogens is 242 g/mol. The molecule has 0 aliphatic carbocycles. The van der Waals surface area contributed by atoms with E-state index >= 15 is 0 Å². The highest BCUT2D eigenvalue weighted by Crippen LogP contribution is 2.12. The average molecular weight is 266 g/mol. The lowest BCUT2D eigenvalue weighted by Gasteiger charge is -2.09. The van der Waals surface area contributed by atoms with Gasteiger partial charge in [0.1, 0.15) is 5.75 Å². The summed E-state index contributed by atoms with van der Waals surface area (Å²) in [5.74, 6) is 0.464. The van der Waals surface area contributed by atoms with Crippen molar-refractivity contribution in [3.63, 3.8) is 0 Å². The van der Waals surface area contributed by atoms with Crippen molar-refractivity contribution < 1.29 is 19.6 Å². The third-order valence-electron chi connectivity index (χ3n) is 3.11. The summed E-state index contributed by atoms with van der Waals surface area (Å²) >= 11 is 0. The van der Waals surface area contributed by atoms with Crippen molar-refractivity contribution in [2.75, 3.05) is 20.3 Å². The molecule has 106 valence electrons. The fraction of sp³-hybridized carbons (Fsp3) is 0.533. The van der Waals surface area contributed by atoms with Crippen LogP contribution in [0.3, 0.4) is 0 Å². The van der Waals surface area contributed by atoms with Crippen molar-refractivity contribution in [2.24, 2.45) is 0 Å². The highest BCUT2D eigenvalue weighted by molar-refractivity contribution is 5.89. The molecule has 1 aromatic rings. The lowest BCUT2D eigenvalue weighted by molar-refractivity contribution is -0.686. The van der Waals surface area contributed by atoms with Gasteiger partial charge in [-0.2, -0.15) is 0 Å². The summed E-state index contributed by atoms with van der Waals surface area (Å²) in [7, 11) is 1.38. The lowest BCUT2D eigenvalue weighted by Crippen LogP contribution is -2.89. The number of ether oxygens (including phenoxy) is 2. The first-order valence-corrected chi connectivity index (χ1v) is 6.81. The summed E-state index contributed by atoms with van der Waals surface area (Å²) in [6.45, 7) is 6.20. The van der Waals surface area contributed by atoms with E-state index in [0.717, 1.165) is 18.7 Å². The maximum absolute atomic E-state index is 11.2. The smallest absolute Gasteiger partial charge is 0.337 e. The Labute approximate surface area is 115 Å². The van der Waals surface area contributed by atoms with Crippen LogP contribution >= 0.6 is 0 Å². The van der Waals surface area contributed by atoms with E-state index in [0.29, 0.717) is 18.2 Å². The SMILES string of the molecule is CC[C@H](C)[NH2+]CCCOc1ccc(C(=O)OC)cc1. The van der Waals surface area contributed by atoms with E-state index in [4.69, 9.17) is 4.74 Å². The van der Waals surface area contributed by atoms with Gasteiger partial charge in [-0.05, 0) is 37.6 Å². The number of carbonyl (C=O) groups is 1. The topological polar surface area (TPSA) is 52.1 Å². The van der Waals surface area contributed by atoms with Crippen LogP contribution < -0.4 is 10.1 Å². The van der Waals surface area contributed by atoms with E-state index in [-0.39, 0.29) is 5.97 Å². The van der Waals surface area contributed by atoms with Crippen molar-refractivity contribution in [1.82, 2.24) is 0 Å². The number of esters is 1. The first-order valence-electron chi connectivity index (χ1n) is 6.81. The van der Waals surface area contributed by atoms with Gasteiger partial charge in [-0.1, -0.05) is 6.92 Å². The molecule has 0 unspecified atom stereocenters. The van der Waals surface area contributed by atoms with E-state index in [1.54, 1.807) is 24.3 Å². The highest BCUT2D eigenvalue weighted by Gasteiger charge is 2.05. The molecule has 1 aromatic carbocycles. The van der Waals surface area contributed by atoms with Gasteiger partial charge in [0.05, 0.1) is 31.9 Å². The zero-order valence-electron chi connectivity index (χ0n) is 12.0. The standard InChI is InChI=1S/C15H23NO3/c1-4-12(2)16-10-5-11-19-14-8-6-13(7-9-14)15(17)18-3/h6-9,12,16H,4-5,10-11H2,1-3H3/p+1/t12-/m0/s1. The lowest BCUT2D eigenvalue weighted by atomic mass is 10.2. The fourth-order valence-corrected chi connectivity index (χ4v) is 1.65. The van der Waals surface area contributed by atoms with Crippen LogP contribution in [-0.4, -0.2) is 32.3 Å². The third-order valence-corrected chi connectivity index (χ3v) is 3.11. The number of benzene rings is 1. The molecule has 0 fully saturated rings. The molecule has 2 N–H and O–H groups in total. The Kier molecular flexibility index (Phi) is 6.97. The third kappa shape index (κ3) is 5.75. The largest absolute Gasteiger partial charge is 0.493 e. The monoisotopic (exact) mass is 266 g/mol. The van der Waals surface area contributed by atoms with Crippen molar-refractivity contribution >= 4 is 5.97 Å². The Morgan fingerprint density at radius 1 is 1.32 bits per heavy atom. The molecule has 4 heteroatoms. The van der Waals surface area contributed by atoms with Crippen molar-refractivity contribution in [3.8, 4) is 5.75 Å². The van der Waals surface area contributed by atoms with Gasteiger partial charge in [0.15, 0.2) is 0 Å². The molecule has 0 aliphatic heterocycles. The molecule has 0 bridgehead atoms. The van der Waals surface area contributed by atoms with Crippen LogP contribution in [0.5, 0.6) is 5.75 Å². The van der Waals surface area contributed by atoms with Gasteiger partial charge in [-0.15, -0.1) is 0 Å². The second-order valence-corrected chi connectivity index (χ2v) is 4.63. The molecule has 0 aromatic heterocycles. The summed E-state index contributed by atoms with van der Waals surface area (Å²) in [5, 5.41) is 2.34. The molecule has 0 saturated heterocycles. The Hall–Kier alpha value is -1.55. The van der Waals surface area contributed by atoms with E-state index in [1.165, 1.54) is 13.5 Å². The van der Waals surface area contributed by atoms with Gasteiger partial charge in [-0.25, -0.2) is 4.79 Å². The zero-order valence-corrected chi connectivity index (χ0v) is 12.0. The van der Waals surface area contributed by atoms with Crippen LogP contribution in [0.2, 0.25) is 0 Å². The average Bonchev–Trinajstić information content (AvgIpc) is 2.46. The van der Waals surface area contributed by atoms with E-state index in [1.807, 2.05) is 0 Å². The molecule has 1 atom stereocenters. The van der Waals surface area contributed by atoms with Crippen LogP contribution in [0.4, 0.5) is 0 Å². The van der Waals surface area contributed by atoms with Gasteiger partial charge >= 0.3 is 5.97 Å². The number of hydrogen-bond acceptors (Lipinski definition) is 3. The minimum Gasteiger partial charge on any atom is -0.493 e. The second-order valence-electron chi connectivity index (χ2n) is 4.63. The Morgan fingerprint density at radius 2 is 2.00 bits per heavy atom. The predicted molar refractivity (Wildman–Crippen MR) is 74.4 cm³/mol. The summed E-state index contributed by atoms with van der Waals surface area (Å²) in [6.07, 6.45) is 2.21. The minimum atomic E-state index is -0.324. The molecule has 0 amide bonds. The number of carbonyl (C=O) groups excluding carboxylic acids is 1. The summed E-state index contributed by atoms with van der Waals surface area (Å²) in [6, 6.07) is 7.70. The first-order chi connectivity index (χ1) is 9.17. The molecular formula is C15H24NO3+. The van der Waals surface area contributed by atoms with Crippen molar-refractivity contribution in [3.05, 3.63) is 29.8 Å². The molecule has 0 aliphatic rings. The van der Waals surface area contributed by atoms with E-state index in [9.17, 15) is 4.79 Å². The van der Waals surface area contributed by atoms with Gasteiger partial charge in [0, 0.05) is 6.42 Å². The summed E-state index contributed by atoms with van der Waals surface area (Å²) in [4.78, 5) is 11.2. The van der Waals surface area contributed by atoms with Gasteiger partial charge < -0.3 is 14.8 Å². The molecule has 0 saturated carbocycles. The van der Waals surface area contributed by atoms with Gasteiger partial charge in [-0.3, -0.25) is 0 Å². The molecule has 4 nitrogen and oxygen atoms in total. The maximum Gasteiger partial charge on any atom is 0.337 e. The van der Waals surface area contributed by atoms with Crippen molar-refractivity contribution in [1.29, 1.82) is 0 Å². The molecule has 0 radical (unpaired) electrons. The van der Waals surface area contributed by atoms with E-state index in [2.05, 4.69) is 23.9 Å². The molecule has 1 rings (SSSR count). The Balaban J connectivity index is 2.25. The highest BCUT2D eigenvalue weighted by atomic mass is 16.5. The molecule has 0 spiro atoms. The minimum absolute atomic E-state index is 0.324. The number of quaternary nitrogens is 1. The van der Waals surface area contributed by atoms with Crippen LogP contribution in [0, 0.1) is 0 Å². The van der Waals surface area contributed by atoms with Gasteiger partial charge in [0.2, 0.25) is 0 Å². The van der Waals surface area contributed by atoms with Crippen LogP contribution in [0.25, 0.3) is 0 Å². The summed E-state index contributed by atoms with van der Waals surface area (Å²) in [5.41, 5.74) is 0.542. The maximum atomic E-state index is 11.2. The van der Waals surface area contributed by atoms with Crippen molar-refractivity contribution in [2.45, 2.75) is 32.7 Å². The van der Waals surface area contributed by atoms with Crippen LogP contribution in [0.1, 0.15) is 37.0 Å². The number of nitrogens with two attached hydrogens (primary N) is 1. The van der Waals surface area contributed by atoms with E-state index < -0.39 is 0 Å². The normalized spacial score (nSPS) is 11.9. The number of hydrogen-bond donors (Lipinski definition) is 1. The van der Waals surface area contributed by atoms with Gasteiger partial charge in [0.25, 0.3) is 0 Å². The Bertz CT molecular complexity index is 375. The van der Waals surface area contributed by atoms with Crippen LogP contribution in [-0.2, 0) is 4.74 Å². The fourth-order valence-electron chi connectivity index (χ4n) is 1.65. The quantitative estimate of drug-likeness (QED) is 0.574. The van der Waals surface area contributed by atoms with Crippen LogP contribution in [0.15, 0.2) is 24.3 Å². The predicted octanol–water partition coefficient (Wildman–Crippen LogP) is 1.60. The Morgan fingerprint density at radius 3 is 2.58 bits per heavy atom. The summed E-state index contributed by atoms with van der Waals surface area (Å²) < 4.78 is 10.3. The molecule has 0 heterocycles. The zero-order chi connectivity index (χ0) is 14.1.